The maximum atomic E-state index is 13.3. The molecule has 114 heavy (non-hydrogen) atoms. The number of anilines is 2. The quantitative estimate of drug-likeness (QED) is 0.0106. The number of amides is 4. The summed E-state index contributed by atoms with van der Waals surface area (Å²) < 4.78 is 111. The number of hydrogen-bond acceptors (Lipinski definition) is 31. The Morgan fingerprint density at radius 1 is 0.518 bits per heavy atom. The molecule has 9 rings (SSSR count). The first-order chi connectivity index (χ1) is 53.5. The number of carboxylic acids is 2. The number of carbonyl (C=O) groups excluding carboxylic acids is 4. The number of alkyl carbamates (subject to hydrolysis) is 1. The van der Waals surface area contributed by atoms with E-state index in [1.807, 2.05) is 48.5 Å². The summed E-state index contributed by atoms with van der Waals surface area (Å²) in [5, 5.41) is 49.6. The number of benzene rings is 4. The third-order valence-electron chi connectivity index (χ3n) is 16.0. The van der Waals surface area contributed by atoms with E-state index in [-0.39, 0.29) is 49.8 Å². The van der Waals surface area contributed by atoms with Gasteiger partial charge in [-0.05, 0) is 83.3 Å². The molecule has 2 aliphatic heterocycles. The fraction of sp³-hybridized carbons (Fsp3) is 0.377. The highest BCUT2D eigenvalue weighted by molar-refractivity contribution is 8.76. The third-order valence-corrected chi connectivity index (χ3v) is 28.4. The van der Waals surface area contributed by atoms with E-state index >= 15 is 0 Å². The second-order valence-electron chi connectivity index (χ2n) is 24.3. The first-order valence-electron chi connectivity index (χ1n) is 33.1. The van der Waals surface area contributed by atoms with E-state index in [0.29, 0.717) is 58.1 Å². The number of ether oxygens (including phenoxy) is 3. The Labute approximate surface area is 660 Å². The molecule has 2 aromatic heterocycles. The Kier molecular flexibility index (Phi) is 33.9. The van der Waals surface area contributed by atoms with Crippen LogP contribution in [-0.4, -0.2) is 182 Å². The largest absolute Gasteiger partial charge is 0.490 e. The first-order valence-corrected chi connectivity index (χ1v) is 47.1. The summed E-state index contributed by atoms with van der Waals surface area (Å²) in [5.41, 5.74) is 4.32. The van der Waals surface area contributed by atoms with Gasteiger partial charge in [0.25, 0.3) is 11.8 Å². The Hall–Kier alpha value is -6.68. The Morgan fingerprint density at radius 2 is 0.904 bits per heavy atom. The van der Waals surface area contributed by atoms with Gasteiger partial charge in [0.1, 0.15) is 55.0 Å². The van der Waals surface area contributed by atoms with Crippen LogP contribution in [0.15, 0.2) is 131 Å². The van der Waals surface area contributed by atoms with Gasteiger partial charge in [-0.3, -0.25) is 32.6 Å². The van der Waals surface area contributed by atoms with E-state index in [0.717, 1.165) is 31.4 Å². The molecule has 2 fully saturated rings. The smallest absolute Gasteiger partial charge is 0.480 e. The summed E-state index contributed by atoms with van der Waals surface area (Å²) in [6, 6.07) is 29.6. The average Bonchev–Trinajstić information content (AvgIpc) is 1.61. The van der Waals surface area contributed by atoms with Crippen LogP contribution in [0.3, 0.4) is 0 Å². The molecule has 1 aliphatic carbocycles. The minimum Gasteiger partial charge on any atom is -0.480 e. The summed E-state index contributed by atoms with van der Waals surface area (Å²) in [6.45, 7) is -0.582. The Bertz CT molecular complexity index is 4850. The molecule has 3 aliphatic rings. The van der Waals surface area contributed by atoms with Gasteiger partial charge in [0.15, 0.2) is 0 Å². The van der Waals surface area contributed by atoms with Crippen molar-refractivity contribution in [2.75, 3.05) is 42.0 Å². The number of aromatic nitrogens is 4. The molecule has 4 heterocycles. The lowest BCUT2D eigenvalue weighted by Crippen LogP contribution is -2.41. The molecule has 622 valence electrons. The van der Waals surface area contributed by atoms with Crippen molar-refractivity contribution >= 4 is 138 Å². The molecule has 53 heteroatoms. The number of nitrogens with zero attached hydrogens (tertiary/aromatic N) is 4. The van der Waals surface area contributed by atoms with Gasteiger partial charge in [-0.15, -0.1) is 0 Å². The number of phosphoric acid groups is 6. The molecule has 4 aromatic carbocycles. The van der Waals surface area contributed by atoms with E-state index in [1.165, 1.54) is 74.6 Å². The second kappa shape index (κ2) is 41.6. The molecule has 43 nitrogen and oxygen atoms in total. The average molecular weight is 1790 g/mol. The Balaban J connectivity index is 0.000000295. The highest BCUT2D eigenvalue weighted by Crippen LogP contribution is 2.67. The number of fused-ring (bicyclic) bond motifs is 3. The predicted molar refractivity (Wildman–Crippen MR) is 405 cm³/mol. The van der Waals surface area contributed by atoms with Crippen LogP contribution in [0.1, 0.15) is 107 Å². The van der Waals surface area contributed by atoms with Crippen LogP contribution in [0.25, 0.3) is 11.1 Å². The molecule has 0 bridgehead atoms. The SMILES string of the molecule is CC(=O)NC(CCCSSCc1ccccc1C(=O)Nc1ccn(C2CC(O)C(COP(=O)(O)OP(=O)(O)OP(=O)(O)O)O2)c(=O)n1)C(=O)O.O=C(NC(CCCSSCc1ccccc1C(=O)Nc1ccn(C2CC(O)C(COP(=O)(O)OP(=O)(O)OP(=O)(O)O)O2)c(=O)n1)C(=O)O)OCC1c2ccccc2-c2ccccc21. The Morgan fingerprint density at radius 3 is 1.29 bits per heavy atom. The summed E-state index contributed by atoms with van der Waals surface area (Å²) in [5.74, 6) is -2.34. The number of aliphatic carboxylic acids is 2. The molecule has 0 saturated carbocycles. The minimum absolute atomic E-state index is 0.0492. The van der Waals surface area contributed by atoms with Gasteiger partial charge < -0.3 is 95.1 Å². The van der Waals surface area contributed by atoms with Crippen LogP contribution in [0, 0.1) is 0 Å². The fourth-order valence-corrected chi connectivity index (χ4v) is 21.5. The fourth-order valence-electron chi connectivity index (χ4n) is 11.1. The highest BCUT2D eigenvalue weighted by Gasteiger charge is 2.45. The molecule has 0 spiro atoms. The van der Waals surface area contributed by atoms with Gasteiger partial charge in [-0.25, -0.2) is 51.4 Å². The number of rotatable bonds is 40. The van der Waals surface area contributed by atoms with Crippen LogP contribution in [-0.2, 0) is 93.8 Å². The van der Waals surface area contributed by atoms with Crippen LogP contribution >= 0.6 is 90.1 Å². The van der Waals surface area contributed by atoms with Crippen LogP contribution in [0.5, 0.6) is 0 Å². The molecule has 2 saturated heterocycles. The summed E-state index contributed by atoms with van der Waals surface area (Å²) >= 11 is 0. The highest BCUT2D eigenvalue weighted by atomic mass is 33.1. The summed E-state index contributed by atoms with van der Waals surface area (Å²) in [6.07, 6.45) is -5.41. The van der Waals surface area contributed by atoms with Gasteiger partial charge >= 0.3 is 76.3 Å². The number of nitrogens with one attached hydrogen (secondary N) is 4. The molecular weight excluding hydrogens is 1720 g/mol. The molecule has 12 unspecified atom stereocenters. The molecule has 6 aromatic rings. The number of aliphatic hydroxyl groups excluding tert-OH is 2. The zero-order valence-electron chi connectivity index (χ0n) is 58.8. The number of carbonyl (C=O) groups is 6. The lowest BCUT2D eigenvalue weighted by molar-refractivity contribution is -0.141. The topological polar surface area (TPSA) is 649 Å². The van der Waals surface area contributed by atoms with Crippen LogP contribution in [0.2, 0.25) is 0 Å². The minimum atomic E-state index is -5.77. The van der Waals surface area contributed by atoms with Crippen molar-refractivity contribution in [2.24, 2.45) is 0 Å². The van der Waals surface area contributed by atoms with E-state index in [1.54, 1.807) is 48.5 Å². The third kappa shape index (κ3) is 29.1. The number of hydrogen-bond donors (Lipinski definition) is 16. The van der Waals surface area contributed by atoms with Crippen molar-refractivity contribution in [3.05, 3.63) is 176 Å². The van der Waals surface area contributed by atoms with Crippen molar-refractivity contribution in [3.8, 4) is 11.1 Å². The predicted octanol–water partition coefficient (Wildman–Crippen LogP) is 6.88. The number of phosphoric ester groups is 2. The van der Waals surface area contributed by atoms with E-state index < -0.39 is 156 Å². The molecule has 0 radical (unpaired) electrons. The standard InChI is InChI=1S/C37H41N4O18P3S2.C24H33N4O17P3S2/c42-30-18-33(57-31(30)20-56-61(51,52)59-62(53,54)58-60(48,49)50)41-16-15-32(40-36(41)46)39-34(43)23-9-2-1-8-22(23)21-64-63-17-7-14-29(35(44)45)38-37(47)55-19-28-26-12-5-3-10-24(26)25-11-4-6-13-27(25)28;1-14(29)25-17(23(32)33)7-4-10-49-50-13-15-5-2-3-6-16(15)22(31)26-20-8-9-28(24(34)27-20)21-11-18(30)19(43-21)12-42-47(38,39)45-48(40,41)44-46(35,36)37/h1-6,8-13,15-16,28-31,33,42H,7,14,17-21H2,(H,38,47)(H,44,45)(H,51,52)(H,53,54)(H2,48,49,50)(H,39,40,43,46);2-3,5-6,8-9,17-19,21,30H,4,7,10-13H2,1H3,(H,25,29)(H,32,33)(H,38,39)(H,40,41)(H2,35,36,37)(H,26,27,31,34). The number of carboxylic acid groups (broad SMARTS) is 2. The molecular formula is C61H74N8O35P6S4. The maximum absolute atomic E-state index is 13.3. The molecule has 16 N–H and O–H groups in total. The zero-order valence-corrected chi connectivity index (χ0v) is 67.4. The van der Waals surface area contributed by atoms with Crippen molar-refractivity contribution < 1.29 is 156 Å². The lowest BCUT2D eigenvalue weighted by atomic mass is 9.98. The summed E-state index contributed by atoms with van der Waals surface area (Å²) in [7, 11) is -27.9. The zero-order chi connectivity index (χ0) is 83.5. The molecule has 4 amide bonds. The van der Waals surface area contributed by atoms with Crippen molar-refractivity contribution in [1.82, 2.24) is 29.7 Å². The van der Waals surface area contributed by atoms with Gasteiger partial charge in [-0.2, -0.15) is 27.2 Å². The van der Waals surface area contributed by atoms with E-state index in [2.05, 4.69) is 57.5 Å². The molecule has 12 atom stereocenters. The second-order valence-corrected chi connectivity index (χ2v) is 38.3. The van der Waals surface area contributed by atoms with Crippen molar-refractivity contribution in [1.29, 1.82) is 0 Å². The number of aliphatic hydroxyl groups is 2. The van der Waals surface area contributed by atoms with Crippen molar-refractivity contribution in [3.63, 3.8) is 0 Å². The lowest BCUT2D eigenvalue weighted by Gasteiger charge is -2.19. The maximum Gasteiger partial charge on any atom is 0.490 e. The van der Waals surface area contributed by atoms with Gasteiger partial charge in [0.05, 0.1) is 25.4 Å². The van der Waals surface area contributed by atoms with Crippen LogP contribution in [0.4, 0.5) is 16.4 Å². The monoisotopic (exact) mass is 1790 g/mol. The van der Waals surface area contributed by atoms with Crippen LogP contribution < -0.4 is 32.6 Å². The van der Waals surface area contributed by atoms with Gasteiger partial charge in [-0.1, -0.05) is 128 Å². The summed E-state index contributed by atoms with van der Waals surface area (Å²) in [4.78, 5) is 179. The van der Waals surface area contributed by atoms with Crippen molar-refractivity contribution in [2.45, 2.75) is 112 Å². The normalized spacial score (nSPS) is 20.0. The van der Waals surface area contributed by atoms with E-state index in [9.17, 15) is 106 Å². The first kappa shape index (κ1) is 92.8. The van der Waals surface area contributed by atoms with Gasteiger partial charge in [0.2, 0.25) is 5.91 Å². The van der Waals surface area contributed by atoms with Gasteiger partial charge in [0, 0.05) is 72.2 Å². The van der Waals surface area contributed by atoms with E-state index in [4.69, 9.17) is 33.8 Å².